The first-order valence-corrected chi connectivity index (χ1v) is 12.9. The van der Waals surface area contributed by atoms with E-state index < -0.39 is 60.2 Å². The maximum atomic E-state index is 13.3. The molecule has 0 saturated heterocycles. The number of hydrogen-bond acceptors (Lipinski definition) is 7. The number of aromatic hydroxyl groups is 1. The molecule has 13 nitrogen and oxygen atoms in total. The van der Waals surface area contributed by atoms with Crippen LogP contribution in [0.5, 0.6) is 5.75 Å². The minimum absolute atomic E-state index is 0.0151. The number of carboxylic acid groups (broad SMARTS) is 2. The second-order valence-electron chi connectivity index (χ2n) is 9.66. The summed E-state index contributed by atoms with van der Waals surface area (Å²) >= 11 is 0. The number of aromatic amines is 1. The van der Waals surface area contributed by atoms with Crippen molar-refractivity contribution in [2.45, 2.75) is 56.8 Å². The van der Waals surface area contributed by atoms with Gasteiger partial charge in [-0.15, -0.1) is 0 Å². The Morgan fingerprint density at radius 3 is 2.15 bits per heavy atom. The largest absolute Gasteiger partial charge is 0.508 e. The zero-order valence-electron chi connectivity index (χ0n) is 22.3. The lowest BCUT2D eigenvalue weighted by Crippen LogP contribution is -2.57. The number of aromatic nitrogens is 1. The molecule has 0 aliphatic carbocycles. The van der Waals surface area contributed by atoms with E-state index in [1.165, 1.54) is 31.2 Å². The van der Waals surface area contributed by atoms with Crippen LogP contribution < -0.4 is 21.7 Å². The molecule has 1 heterocycles. The lowest BCUT2D eigenvalue weighted by atomic mass is 10.0. The number of H-pyrrole nitrogens is 1. The lowest BCUT2D eigenvalue weighted by molar-refractivity contribution is -0.141. The number of aliphatic carboxylic acids is 2. The van der Waals surface area contributed by atoms with Crippen LogP contribution in [0.15, 0.2) is 54.7 Å². The average Bonchev–Trinajstić information content (AvgIpc) is 3.33. The van der Waals surface area contributed by atoms with Gasteiger partial charge in [-0.25, -0.2) is 0 Å². The highest BCUT2D eigenvalue weighted by molar-refractivity contribution is 5.94. The molecule has 0 fully saturated rings. The summed E-state index contributed by atoms with van der Waals surface area (Å²) < 4.78 is 0. The van der Waals surface area contributed by atoms with Gasteiger partial charge in [0, 0.05) is 29.9 Å². The maximum Gasteiger partial charge on any atom is 0.325 e. The Hall–Kier alpha value is -4.91. The molecule has 3 amide bonds. The average molecular weight is 568 g/mol. The van der Waals surface area contributed by atoms with Crippen molar-refractivity contribution in [2.24, 2.45) is 5.73 Å². The molecule has 4 unspecified atom stereocenters. The van der Waals surface area contributed by atoms with Gasteiger partial charge in [-0.2, -0.15) is 0 Å². The Kier molecular flexibility index (Phi) is 10.4. The minimum atomic E-state index is -1.35. The normalized spacial score (nSPS) is 13.9. The Morgan fingerprint density at radius 2 is 1.49 bits per heavy atom. The number of rotatable bonds is 14. The van der Waals surface area contributed by atoms with Crippen LogP contribution in [0.1, 0.15) is 30.9 Å². The molecule has 3 aromatic rings. The van der Waals surface area contributed by atoms with Crippen LogP contribution in [0.3, 0.4) is 0 Å². The third-order valence-corrected chi connectivity index (χ3v) is 6.47. The molecular formula is C28H33N5O8. The fraction of sp³-hybridized carbons (Fsp3) is 0.321. The minimum Gasteiger partial charge on any atom is -0.508 e. The summed E-state index contributed by atoms with van der Waals surface area (Å²) in [6, 6.07) is 8.32. The zero-order chi connectivity index (χ0) is 30.1. The van der Waals surface area contributed by atoms with Gasteiger partial charge in [0.05, 0.1) is 6.04 Å². The van der Waals surface area contributed by atoms with E-state index in [1.54, 1.807) is 6.20 Å². The van der Waals surface area contributed by atoms with E-state index in [-0.39, 0.29) is 25.0 Å². The topological polar surface area (TPSA) is 224 Å². The SMILES string of the molecule is CC(NC(=O)C(Cc1ccc(O)cc1)NC(=O)C(CCC(=O)O)NC(=O)C(N)Cc1c[nH]c2ccccc12)C(=O)O. The molecule has 0 radical (unpaired) electrons. The smallest absolute Gasteiger partial charge is 0.325 e. The molecule has 1 aromatic heterocycles. The Labute approximate surface area is 235 Å². The van der Waals surface area contributed by atoms with Crippen molar-refractivity contribution in [3.05, 3.63) is 65.9 Å². The number of benzene rings is 2. The summed E-state index contributed by atoms with van der Waals surface area (Å²) in [5.74, 6) is -4.85. The van der Waals surface area contributed by atoms with Crippen LogP contribution in [0, 0.1) is 0 Å². The monoisotopic (exact) mass is 567 g/mol. The predicted molar refractivity (Wildman–Crippen MR) is 148 cm³/mol. The van der Waals surface area contributed by atoms with Crippen LogP contribution >= 0.6 is 0 Å². The standard InChI is InChI=1S/C28H33N5O8/c1-15(28(40)41)31-27(39)23(12-16-6-8-18(34)9-7-16)33-26(38)22(10-11-24(35)36)32-25(37)20(29)13-17-14-30-21-5-3-2-4-19(17)21/h2-9,14-15,20,22-23,30,34H,10-13,29H2,1H3,(H,31,39)(H,32,37)(H,33,38)(H,35,36)(H,40,41). The number of hydrogen-bond donors (Lipinski definition) is 8. The Morgan fingerprint density at radius 1 is 0.854 bits per heavy atom. The Balaban J connectivity index is 1.76. The van der Waals surface area contributed by atoms with Crippen molar-refractivity contribution in [1.82, 2.24) is 20.9 Å². The molecule has 218 valence electrons. The first-order valence-electron chi connectivity index (χ1n) is 12.9. The fourth-order valence-corrected chi connectivity index (χ4v) is 4.17. The van der Waals surface area contributed by atoms with Gasteiger partial charge in [-0.1, -0.05) is 30.3 Å². The number of phenols is 1. The van der Waals surface area contributed by atoms with Crippen molar-refractivity contribution < 1.29 is 39.3 Å². The van der Waals surface area contributed by atoms with Crippen LogP contribution in [0.4, 0.5) is 0 Å². The van der Waals surface area contributed by atoms with Crippen molar-refractivity contribution in [3.8, 4) is 5.75 Å². The van der Waals surface area contributed by atoms with Crippen LogP contribution in [-0.4, -0.2) is 74.1 Å². The first kappa shape index (κ1) is 30.6. The van der Waals surface area contributed by atoms with E-state index in [2.05, 4.69) is 20.9 Å². The molecule has 13 heteroatoms. The number of fused-ring (bicyclic) bond motifs is 1. The van der Waals surface area contributed by atoms with E-state index in [0.717, 1.165) is 16.5 Å². The van der Waals surface area contributed by atoms with Crippen LogP contribution in [0.2, 0.25) is 0 Å². The number of phenolic OH excluding ortho intramolecular Hbond substituents is 1. The second kappa shape index (κ2) is 13.9. The van der Waals surface area contributed by atoms with Gasteiger partial charge >= 0.3 is 11.9 Å². The van der Waals surface area contributed by atoms with Gasteiger partial charge in [0.25, 0.3) is 0 Å². The van der Waals surface area contributed by atoms with E-state index in [1.807, 2.05) is 24.3 Å². The van der Waals surface area contributed by atoms with E-state index in [4.69, 9.17) is 5.73 Å². The first-order chi connectivity index (χ1) is 19.4. The molecule has 3 rings (SSSR count). The maximum absolute atomic E-state index is 13.3. The highest BCUT2D eigenvalue weighted by Crippen LogP contribution is 2.19. The molecule has 9 N–H and O–H groups in total. The zero-order valence-corrected chi connectivity index (χ0v) is 22.3. The van der Waals surface area contributed by atoms with Crippen molar-refractivity contribution in [2.75, 3.05) is 0 Å². The van der Waals surface area contributed by atoms with E-state index in [0.29, 0.717) is 5.56 Å². The van der Waals surface area contributed by atoms with Gasteiger partial charge in [-0.05, 0) is 49.1 Å². The number of para-hydroxylation sites is 1. The fourth-order valence-electron chi connectivity index (χ4n) is 4.17. The van der Waals surface area contributed by atoms with E-state index >= 15 is 0 Å². The summed E-state index contributed by atoms with van der Waals surface area (Å²) in [7, 11) is 0. The van der Waals surface area contributed by atoms with Crippen molar-refractivity contribution in [3.63, 3.8) is 0 Å². The number of carbonyl (C=O) groups excluding carboxylic acids is 3. The number of carboxylic acids is 2. The number of nitrogens with two attached hydrogens (primary N) is 1. The summed E-state index contributed by atoms with van der Waals surface area (Å²) in [4.78, 5) is 64.8. The molecule has 0 spiro atoms. The van der Waals surface area contributed by atoms with Crippen LogP contribution in [0.25, 0.3) is 10.9 Å². The predicted octanol–water partition coefficient (Wildman–Crippen LogP) is 0.410. The van der Waals surface area contributed by atoms with Gasteiger partial charge in [-0.3, -0.25) is 24.0 Å². The summed E-state index contributed by atoms with van der Waals surface area (Å²) in [5, 5.41) is 36.1. The van der Waals surface area contributed by atoms with Gasteiger partial charge in [0.1, 0.15) is 23.9 Å². The van der Waals surface area contributed by atoms with Crippen molar-refractivity contribution >= 4 is 40.6 Å². The van der Waals surface area contributed by atoms with E-state index in [9.17, 15) is 39.3 Å². The quantitative estimate of drug-likeness (QED) is 0.135. The molecule has 0 bridgehead atoms. The van der Waals surface area contributed by atoms with Crippen molar-refractivity contribution in [1.29, 1.82) is 0 Å². The lowest BCUT2D eigenvalue weighted by Gasteiger charge is -2.24. The highest BCUT2D eigenvalue weighted by Gasteiger charge is 2.30. The molecule has 0 aliphatic heterocycles. The second-order valence-corrected chi connectivity index (χ2v) is 9.66. The summed E-state index contributed by atoms with van der Waals surface area (Å²) in [6.45, 7) is 1.25. The van der Waals surface area contributed by atoms with Gasteiger partial charge in [0.15, 0.2) is 0 Å². The molecule has 41 heavy (non-hydrogen) atoms. The third-order valence-electron chi connectivity index (χ3n) is 6.47. The number of nitrogens with one attached hydrogen (secondary N) is 4. The number of carbonyl (C=O) groups is 5. The Bertz CT molecular complexity index is 1400. The van der Waals surface area contributed by atoms with Crippen LogP contribution in [-0.2, 0) is 36.8 Å². The number of amides is 3. The molecular weight excluding hydrogens is 534 g/mol. The summed E-state index contributed by atoms with van der Waals surface area (Å²) in [5.41, 5.74) is 8.33. The molecule has 2 aromatic carbocycles. The van der Waals surface area contributed by atoms with Gasteiger partial charge in [0.2, 0.25) is 17.7 Å². The third kappa shape index (κ3) is 8.80. The summed E-state index contributed by atoms with van der Waals surface area (Å²) in [6.07, 6.45) is 1.05. The molecule has 4 atom stereocenters. The highest BCUT2D eigenvalue weighted by atomic mass is 16.4. The molecule has 0 saturated carbocycles. The van der Waals surface area contributed by atoms with Gasteiger partial charge < -0.3 is 42.0 Å². The molecule has 0 aliphatic rings.